The number of esters is 3. The number of hydrogen-bond acceptors (Lipinski definition) is 9. The van der Waals surface area contributed by atoms with E-state index < -0.39 is 11.9 Å². The lowest BCUT2D eigenvalue weighted by molar-refractivity contribution is -0.222. The molecule has 0 spiro atoms. The molecule has 11 rings (SSSR count). The monoisotopic (exact) mass is 743 g/mol. The lowest BCUT2D eigenvalue weighted by atomic mass is 9.50. The molecule has 9 nitrogen and oxygen atoms in total. The highest BCUT2D eigenvalue weighted by atomic mass is 16.6. The summed E-state index contributed by atoms with van der Waals surface area (Å²) in [6.45, 7) is 14.1. The van der Waals surface area contributed by atoms with Gasteiger partial charge < -0.3 is 29.2 Å². The Bertz CT molecular complexity index is 1320. The summed E-state index contributed by atoms with van der Waals surface area (Å²) in [6.07, 6.45) is 16.1. The van der Waals surface area contributed by atoms with Gasteiger partial charge in [-0.25, -0.2) is 0 Å². The molecule has 53 heavy (non-hydrogen) atoms. The Balaban J connectivity index is 0.000000123. The molecule has 10 unspecified atom stereocenters. The summed E-state index contributed by atoms with van der Waals surface area (Å²) in [5, 5.41) is 20.3. The van der Waals surface area contributed by atoms with Crippen LogP contribution in [0.2, 0.25) is 0 Å². The maximum Gasteiger partial charge on any atom is 0.309 e. The van der Waals surface area contributed by atoms with Crippen LogP contribution in [-0.2, 0) is 33.3 Å². The number of ether oxygens (including phenoxy) is 4. The van der Waals surface area contributed by atoms with E-state index in [1.165, 1.54) is 38.5 Å². The number of carbonyl (C=O) groups is 3. The van der Waals surface area contributed by atoms with E-state index in [1.807, 2.05) is 34.6 Å². The van der Waals surface area contributed by atoms with Gasteiger partial charge in [0, 0.05) is 12.3 Å². The number of hydrogen-bond donors (Lipinski definition) is 2. The maximum absolute atomic E-state index is 12.1. The molecule has 9 heteroatoms. The summed E-state index contributed by atoms with van der Waals surface area (Å²) in [5.74, 6) is 5.22. The molecule has 2 N–H and O–H groups in total. The average Bonchev–Trinajstić information content (AvgIpc) is 3.74. The molecule has 0 aromatic heterocycles. The first kappa shape index (κ1) is 39.5. The van der Waals surface area contributed by atoms with E-state index in [2.05, 4.69) is 13.8 Å². The first-order chi connectivity index (χ1) is 25.1. The Labute approximate surface area is 318 Å². The fourth-order valence-corrected chi connectivity index (χ4v) is 13.2. The zero-order valence-electron chi connectivity index (χ0n) is 33.7. The first-order valence-electron chi connectivity index (χ1n) is 21.8. The molecule has 11 aliphatic rings. The van der Waals surface area contributed by atoms with Gasteiger partial charge in [-0.1, -0.05) is 41.5 Å². The van der Waals surface area contributed by atoms with Gasteiger partial charge in [-0.2, -0.15) is 0 Å². The van der Waals surface area contributed by atoms with E-state index in [0.717, 1.165) is 69.6 Å². The minimum atomic E-state index is -0.637. The molecule has 10 saturated carbocycles. The second-order valence-corrected chi connectivity index (χ2v) is 20.1. The van der Waals surface area contributed by atoms with Crippen LogP contribution in [0.5, 0.6) is 0 Å². The second-order valence-electron chi connectivity index (χ2n) is 20.1. The maximum atomic E-state index is 12.1. The van der Waals surface area contributed by atoms with Crippen LogP contribution in [0, 0.1) is 71.0 Å². The zero-order valence-corrected chi connectivity index (χ0v) is 33.7. The second kappa shape index (κ2) is 15.0. The normalized spacial score (nSPS) is 47.5. The van der Waals surface area contributed by atoms with E-state index in [1.54, 1.807) is 0 Å². The van der Waals surface area contributed by atoms with Gasteiger partial charge >= 0.3 is 17.9 Å². The van der Waals surface area contributed by atoms with Crippen molar-refractivity contribution in [2.75, 3.05) is 0 Å². The van der Waals surface area contributed by atoms with Crippen molar-refractivity contribution in [1.29, 1.82) is 0 Å². The molecular formula is C44H70O9. The fourth-order valence-electron chi connectivity index (χ4n) is 13.2. The molecular weight excluding hydrogens is 672 g/mol. The summed E-state index contributed by atoms with van der Waals surface area (Å²) in [5.41, 5.74) is -1.02. The highest BCUT2D eigenvalue weighted by Gasteiger charge is 2.63. The number of carbonyl (C=O) groups excluding carboxylic acids is 3. The number of aliphatic hydroxyl groups excluding tert-OH is 1. The summed E-state index contributed by atoms with van der Waals surface area (Å²) in [6, 6.07) is 0. The van der Waals surface area contributed by atoms with Gasteiger partial charge in [-0.05, 0) is 151 Å². The molecule has 1 aliphatic heterocycles. The van der Waals surface area contributed by atoms with Crippen LogP contribution in [0.15, 0.2) is 0 Å². The summed E-state index contributed by atoms with van der Waals surface area (Å²) in [7, 11) is 0. The van der Waals surface area contributed by atoms with Crippen LogP contribution in [0.3, 0.4) is 0 Å². The lowest BCUT2D eigenvalue weighted by Gasteiger charge is -2.59. The first-order valence-corrected chi connectivity index (χ1v) is 21.8. The minimum Gasteiger partial charge on any atom is -0.459 e. The zero-order chi connectivity index (χ0) is 38.0. The Hall–Kier alpha value is -1.71. The van der Waals surface area contributed by atoms with Crippen LogP contribution in [-0.4, -0.2) is 63.4 Å². The Morgan fingerprint density at radius 3 is 1.70 bits per heavy atom. The van der Waals surface area contributed by atoms with Gasteiger partial charge in [0.25, 0.3) is 0 Å². The van der Waals surface area contributed by atoms with E-state index in [-0.39, 0.29) is 65.0 Å². The predicted octanol–water partition coefficient (Wildman–Crippen LogP) is 7.77. The van der Waals surface area contributed by atoms with Crippen LogP contribution in [0.25, 0.3) is 0 Å². The minimum absolute atomic E-state index is 0.0207. The molecule has 10 bridgehead atoms. The van der Waals surface area contributed by atoms with Gasteiger partial charge in [0.05, 0.1) is 23.4 Å². The third-order valence-corrected chi connectivity index (χ3v) is 16.2. The predicted molar refractivity (Wildman–Crippen MR) is 199 cm³/mol. The van der Waals surface area contributed by atoms with Crippen LogP contribution < -0.4 is 0 Å². The topological polar surface area (TPSA) is 129 Å². The summed E-state index contributed by atoms with van der Waals surface area (Å²) >= 11 is 0. The molecule has 11 fully saturated rings. The fraction of sp³-hybridized carbons (Fsp3) is 0.932. The van der Waals surface area contributed by atoms with E-state index in [4.69, 9.17) is 18.9 Å². The Morgan fingerprint density at radius 1 is 0.679 bits per heavy atom. The molecule has 1 heterocycles. The van der Waals surface area contributed by atoms with Gasteiger partial charge in [-0.15, -0.1) is 0 Å². The third kappa shape index (κ3) is 7.59. The quantitative estimate of drug-likeness (QED) is 0.180. The molecule has 0 amide bonds. The summed E-state index contributed by atoms with van der Waals surface area (Å²) in [4.78, 5) is 36.0. The molecule has 300 valence electrons. The van der Waals surface area contributed by atoms with Crippen molar-refractivity contribution < 1.29 is 43.5 Å². The molecule has 10 aliphatic carbocycles. The highest BCUT2D eigenvalue weighted by molar-refractivity contribution is 5.73. The van der Waals surface area contributed by atoms with Crippen LogP contribution in [0.4, 0.5) is 0 Å². The number of rotatable bonds is 9. The van der Waals surface area contributed by atoms with Gasteiger partial charge in [-0.3, -0.25) is 14.4 Å². The Morgan fingerprint density at radius 2 is 1.17 bits per heavy atom. The van der Waals surface area contributed by atoms with Crippen molar-refractivity contribution in [3.63, 3.8) is 0 Å². The van der Waals surface area contributed by atoms with E-state index in [9.17, 15) is 24.6 Å². The summed E-state index contributed by atoms with van der Waals surface area (Å²) < 4.78 is 23.0. The number of aliphatic hydroxyl groups is 2. The average molecular weight is 743 g/mol. The standard InChI is InChI=1S/C16H26O2.C15H24O3.C13H20O4/c1-4-10(2)15(17)18-16(3)13-6-11-5-12(8-13)9-14(16)7-11;1-3-10(2)13(16)18-15-7-11-4-12(8-15)6-14(17,5-11)9-15;1-3-6(2)12(14)16-10-7-4-8-9(5-7)13(15)17-11(8)10/h10-14H,4-9H2,1-3H3;10-12,17H,3-9H2,1-2H3;6-11,13,15H,3-5H2,1-2H3/t;;6?,7?,8?,9?,10?,11?,13-/m..0/s1. The van der Waals surface area contributed by atoms with Crippen molar-refractivity contribution >= 4 is 17.9 Å². The van der Waals surface area contributed by atoms with E-state index >= 15 is 0 Å². The van der Waals surface area contributed by atoms with Gasteiger partial charge in [0.2, 0.25) is 0 Å². The van der Waals surface area contributed by atoms with Crippen molar-refractivity contribution in [3.05, 3.63) is 0 Å². The van der Waals surface area contributed by atoms with Crippen molar-refractivity contribution in [1.82, 2.24) is 0 Å². The highest BCUT2D eigenvalue weighted by Crippen LogP contribution is 2.61. The SMILES string of the molecule is CCC(C)C(=O)OC1(C)C2CC3CC(C2)CC1C3.CCC(C)C(=O)OC12CC3CC(CC(O)(C3)C1)C2.CCC(C)C(=O)OC1C2CC3C1O[C@H](O)C3C2. The molecule has 0 aromatic carbocycles. The van der Waals surface area contributed by atoms with Gasteiger partial charge in [0.1, 0.15) is 23.4 Å². The molecule has 1 saturated heterocycles. The van der Waals surface area contributed by atoms with E-state index in [0.29, 0.717) is 41.9 Å². The smallest absolute Gasteiger partial charge is 0.309 e. The lowest BCUT2D eigenvalue weighted by Crippen LogP contribution is -2.60. The van der Waals surface area contributed by atoms with Crippen molar-refractivity contribution in [2.45, 2.75) is 187 Å². The van der Waals surface area contributed by atoms with Crippen molar-refractivity contribution in [3.8, 4) is 0 Å². The Kier molecular flexibility index (Phi) is 11.2. The number of fused-ring (bicyclic) bond motifs is 1. The molecule has 11 atom stereocenters. The molecule has 0 aromatic rings. The third-order valence-electron chi connectivity index (χ3n) is 16.2. The largest absolute Gasteiger partial charge is 0.459 e. The molecule has 0 radical (unpaired) electrons. The van der Waals surface area contributed by atoms with Crippen molar-refractivity contribution in [2.24, 2.45) is 71.0 Å². The van der Waals surface area contributed by atoms with Crippen LogP contribution >= 0.6 is 0 Å². The van der Waals surface area contributed by atoms with Gasteiger partial charge in [0.15, 0.2) is 6.29 Å². The van der Waals surface area contributed by atoms with Crippen LogP contribution in [0.1, 0.15) is 151 Å².